The molecular formula is C13H21N3O2S. The molecular weight excluding hydrogens is 262 g/mol. The van der Waals surface area contributed by atoms with Gasteiger partial charge in [0, 0.05) is 6.42 Å². The second kappa shape index (κ2) is 5.96. The normalized spacial score (nSPS) is 17.9. The van der Waals surface area contributed by atoms with Crippen LogP contribution < -0.4 is 5.32 Å². The number of hydrogen-bond acceptors (Lipinski definition) is 5. The van der Waals surface area contributed by atoms with Gasteiger partial charge in [0.1, 0.15) is 5.01 Å². The number of carbonyl (C=O) groups excluding carboxylic acids is 1. The molecule has 106 valence electrons. The Labute approximate surface area is 117 Å². The SMILES string of the molecule is CC(C)Cc1nnc(NC(=O)CC2(O)CCCC2)s1. The van der Waals surface area contributed by atoms with E-state index < -0.39 is 5.60 Å². The molecule has 0 atom stereocenters. The molecule has 1 aliphatic rings. The number of rotatable bonds is 5. The van der Waals surface area contributed by atoms with Crippen LogP contribution in [-0.4, -0.2) is 26.8 Å². The van der Waals surface area contributed by atoms with Crippen LogP contribution in [-0.2, 0) is 11.2 Å². The highest BCUT2D eigenvalue weighted by Crippen LogP contribution is 2.32. The first-order valence-electron chi connectivity index (χ1n) is 6.81. The number of aliphatic hydroxyl groups is 1. The van der Waals surface area contributed by atoms with E-state index in [0.717, 1.165) is 37.1 Å². The first-order chi connectivity index (χ1) is 8.97. The van der Waals surface area contributed by atoms with Gasteiger partial charge in [0.2, 0.25) is 11.0 Å². The summed E-state index contributed by atoms with van der Waals surface area (Å²) < 4.78 is 0. The lowest BCUT2D eigenvalue weighted by Crippen LogP contribution is -2.30. The van der Waals surface area contributed by atoms with Crippen molar-refractivity contribution < 1.29 is 9.90 Å². The van der Waals surface area contributed by atoms with Crippen LogP contribution in [0.5, 0.6) is 0 Å². The van der Waals surface area contributed by atoms with Crippen molar-refractivity contribution in [3.05, 3.63) is 5.01 Å². The minimum absolute atomic E-state index is 0.159. The lowest BCUT2D eigenvalue weighted by Gasteiger charge is -2.20. The van der Waals surface area contributed by atoms with Gasteiger partial charge in [-0.15, -0.1) is 10.2 Å². The Morgan fingerprint density at radius 1 is 1.42 bits per heavy atom. The molecule has 0 bridgehead atoms. The van der Waals surface area contributed by atoms with Crippen molar-refractivity contribution in [2.75, 3.05) is 5.32 Å². The minimum atomic E-state index is -0.810. The number of anilines is 1. The molecule has 19 heavy (non-hydrogen) atoms. The van der Waals surface area contributed by atoms with Gasteiger partial charge in [-0.25, -0.2) is 0 Å². The summed E-state index contributed by atoms with van der Waals surface area (Å²) in [4.78, 5) is 11.9. The monoisotopic (exact) mass is 283 g/mol. The molecule has 1 saturated carbocycles. The first kappa shape index (κ1) is 14.4. The molecule has 1 heterocycles. The van der Waals surface area contributed by atoms with Gasteiger partial charge < -0.3 is 10.4 Å². The van der Waals surface area contributed by atoms with Crippen molar-refractivity contribution in [3.63, 3.8) is 0 Å². The highest BCUT2D eigenvalue weighted by Gasteiger charge is 2.33. The number of aromatic nitrogens is 2. The van der Waals surface area contributed by atoms with Crippen molar-refractivity contribution in [2.45, 2.75) is 58.0 Å². The standard InChI is InChI=1S/C13H21N3O2S/c1-9(2)7-11-15-16-12(19-11)14-10(17)8-13(18)5-3-4-6-13/h9,18H,3-8H2,1-2H3,(H,14,16,17). The fourth-order valence-corrected chi connectivity index (χ4v) is 3.38. The third-order valence-corrected chi connectivity index (χ3v) is 4.18. The third kappa shape index (κ3) is 4.24. The van der Waals surface area contributed by atoms with Crippen LogP contribution in [0.2, 0.25) is 0 Å². The Balaban J connectivity index is 1.86. The molecule has 0 radical (unpaired) electrons. The second-order valence-corrected chi connectivity index (χ2v) is 6.82. The summed E-state index contributed by atoms with van der Waals surface area (Å²) in [5, 5.41) is 22.4. The highest BCUT2D eigenvalue weighted by molar-refractivity contribution is 7.15. The largest absolute Gasteiger partial charge is 0.389 e. The smallest absolute Gasteiger partial charge is 0.229 e. The van der Waals surface area contributed by atoms with E-state index in [2.05, 4.69) is 29.4 Å². The van der Waals surface area contributed by atoms with Crippen molar-refractivity contribution in [3.8, 4) is 0 Å². The van der Waals surface area contributed by atoms with Crippen LogP contribution >= 0.6 is 11.3 Å². The van der Waals surface area contributed by atoms with Gasteiger partial charge in [0.25, 0.3) is 0 Å². The van der Waals surface area contributed by atoms with Crippen LogP contribution in [0, 0.1) is 5.92 Å². The van der Waals surface area contributed by atoms with E-state index >= 15 is 0 Å². The molecule has 1 aromatic heterocycles. The molecule has 6 heteroatoms. The number of nitrogens with one attached hydrogen (secondary N) is 1. The lowest BCUT2D eigenvalue weighted by molar-refractivity contribution is -0.120. The maximum absolute atomic E-state index is 11.9. The molecule has 0 unspecified atom stereocenters. The zero-order valence-corrected chi connectivity index (χ0v) is 12.3. The number of hydrogen-bond donors (Lipinski definition) is 2. The highest BCUT2D eigenvalue weighted by atomic mass is 32.1. The van der Waals surface area contributed by atoms with Gasteiger partial charge in [0.15, 0.2) is 0 Å². The van der Waals surface area contributed by atoms with E-state index in [1.165, 1.54) is 11.3 Å². The molecule has 1 aliphatic carbocycles. The molecule has 0 spiro atoms. The average molecular weight is 283 g/mol. The number of nitrogens with zero attached hydrogens (tertiary/aromatic N) is 2. The molecule has 0 aromatic carbocycles. The summed E-state index contributed by atoms with van der Waals surface area (Å²) in [7, 11) is 0. The fraction of sp³-hybridized carbons (Fsp3) is 0.769. The van der Waals surface area contributed by atoms with E-state index in [4.69, 9.17) is 0 Å². The molecule has 5 nitrogen and oxygen atoms in total. The summed E-state index contributed by atoms with van der Waals surface area (Å²) in [5.41, 5.74) is -0.810. The molecule has 0 saturated heterocycles. The van der Waals surface area contributed by atoms with Gasteiger partial charge in [0.05, 0.1) is 12.0 Å². The van der Waals surface area contributed by atoms with Crippen LogP contribution in [0.3, 0.4) is 0 Å². The van der Waals surface area contributed by atoms with Gasteiger partial charge in [-0.1, -0.05) is 38.0 Å². The van der Waals surface area contributed by atoms with Gasteiger partial charge >= 0.3 is 0 Å². The van der Waals surface area contributed by atoms with E-state index in [-0.39, 0.29) is 12.3 Å². The lowest BCUT2D eigenvalue weighted by atomic mass is 9.98. The van der Waals surface area contributed by atoms with Crippen molar-refractivity contribution >= 4 is 22.4 Å². The van der Waals surface area contributed by atoms with E-state index in [1.54, 1.807) is 0 Å². The van der Waals surface area contributed by atoms with Gasteiger partial charge in [-0.05, 0) is 18.8 Å². The molecule has 2 N–H and O–H groups in total. The second-order valence-electron chi connectivity index (χ2n) is 5.76. The molecule has 2 rings (SSSR count). The predicted octanol–water partition coefficient (Wildman–Crippen LogP) is 2.37. The number of carbonyl (C=O) groups is 1. The zero-order chi connectivity index (χ0) is 13.9. The van der Waals surface area contributed by atoms with Crippen LogP contribution in [0.15, 0.2) is 0 Å². The van der Waals surface area contributed by atoms with Gasteiger partial charge in [-0.3, -0.25) is 4.79 Å². The van der Waals surface area contributed by atoms with Crippen molar-refractivity contribution in [2.24, 2.45) is 5.92 Å². The Bertz CT molecular complexity index is 439. The molecule has 1 amide bonds. The van der Waals surface area contributed by atoms with Crippen LogP contribution in [0.25, 0.3) is 0 Å². The quantitative estimate of drug-likeness (QED) is 0.870. The first-order valence-corrected chi connectivity index (χ1v) is 7.63. The van der Waals surface area contributed by atoms with E-state index in [9.17, 15) is 9.90 Å². The average Bonchev–Trinajstić information content (AvgIpc) is 2.87. The summed E-state index contributed by atoms with van der Waals surface area (Å²) in [6, 6.07) is 0. The van der Waals surface area contributed by atoms with E-state index in [1.807, 2.05) is 0 Å². The maximum atomic E-state index is 11.9. The minimum Gasteiger partial charge on any atom is -0.389 e. The summed E-state index contributed by atoms with van der Waals surface area (Å²) in [5.74, 6) is 0.354. The topological polar surface area (TPSA) is 75.1 Å². The van der Waals surface area contributed by atoms with E-state index in [0.29, 0.717) is 11.0 Å². The molecule has 1 fully saturated rings. The molecule has 1 aromatic rings. The fourth-order valence-electron chi connectivity index (χ4n) is 2.41. The summed E-state index contributed by atoms with van der Waals surface area (Å²) in [6.07, 6.45) is 4.47. The summed E-state index contributed by atoms with van der Waals surface area (Å²) in [6.45, 7) is 4.24. The Morgan fingerprint density at radius 2 is 2.11 bits per heavy atom. The Hall–Kier alpha value is -1.01. The van der Waals surface area contributed by atoms with Crippen molar-refractivity contribution in [1.82, 2.24) is 10.2 Å². The maximum Gasteiger partial charge on any atom is 0.229 e. The Morgan fingerprint density at radius 3 is 2.74 bits per heavy atom. The summed E-state index contributed by atoms with van der Waals surface area (Å²) >= 11 is 1.41. The molecule has 0 aliphatic heterocycles. The van der Waals surface area contributed by atoms with Gasteiger partial charge in [-0.2, -0.15) is 0 Å². The zero-order valence-electron chi connectivity index (χ0n) is 11.5. The van der Waals surface area contributed by atoms with Crippen LogP contribution in [0.4, 0.5) is 5.13 Å². The van der Waals surface area contributed by atoms with Crippen molar-refractivity contribution in [1.29, 1.82) is 0 Å². The Kier molecular flexibility index (Phi) is 4.52. The number of amides is 1. The van der Waals surface area contributed by atoms with Crippen LogP contribution in [0.1, 0.15) is 51.0 Å². The predicted molar refractivity (Wildman–Crippen MR) is 75.1 cm³/mol. The third-order valence-electron chi connectivity index (χ3n) is 3.32.